The summed E-state index contributed by atoms with van der Waals surface area (Å²) in [5.41, 5.74) is 1.19. The number of benzene rings is 2. The van der Waals surface area contributed by atoms with Gasteiger partial charge in [-0.1, -0.05) is 43.7 Å². The molecule has 1 heterocycles. The first-order valence-corrected chi connectivity index (χ1v) is 9.02. The Morgan fingerprint density at radius 3 is 2.37 bits per heavy atom. The van der Waals surface area contributed by atoms with Crippen molar-refractivity contribution >= 4 is 23.5 Å². The maximum atomic E-state index is 12.6. The van der Waals surface area contributed by atoms with E-state index in [1.54, 1.807) is 31.2 Å². The number of anilines is 1. The van der Waals surface area contributed by atoms with Gasteiger partial charge in [0, 0.05) is 11.3 Å². The minimum Gasteiger partial charge on any atom is -0.323 e. The van der Waals surface area contributed by atoms with Crippen molar-refractivity contribution in [1.82, 2.24) is 10.2 Å². The number of para-hydroxylation sites is 1. The summed E-state index contributed by atoms with van der Waals surface area (Å²) in [6.45, 7) is 3.92. The molecule has 2 N–H and O–H groups in total. The molecule has 1 atom stereocenters. The second-order valence-electron chi connectivity index (χ2n) is 6.92. The van der Waals surface area contributed by atoms with Gasteiger partial charge in [-0.2, -0.15) is 0 Å². The van der Waals surface area contributed by atoms with Crippen molar-refractivity contribution < 1.29 is 14.4 Å². The highest BCUT2D eigenvalue weighted by Gasteiger charge is 2.46. The first-order valence-electron chi connectivity index (χ1n) is 9.02. The fourth-order valence-corrected chi connectivity index (χ4v) is 3.23. The fraction of sp³-hybridized carbons (Fsp3) is 0.286. The molecule has 6 nitrogen and oxygen atoms in total. The number of nitrogens with zero attached hydrogens (tertiary/aromatic N) is 1. The van der Waals surface area contributed by atoms with Crippen LogP contribution in [-0.2, 0) is 11.3 Å². The Morgan fingerprint density at radius 2 is 1.74 bits per heavy atom. The summed E-state index contributed by atoms with van der Waals surface area (Å²) in [5, 5.41) is 5.60. The number of carbonyl (C=O) groups excluding carboxylic acids is 3. The van der Waals surface area contributed by atoms with E-state index in [-0.39, 0.29) is 24.4 Å². The third-order valence-electron chi connectivity index (χ3n) is 4.68. The molecule has 0 aromatic heterocycles. The van der Waals surface area contributed by atoms with Crippen LogP contribution in [0.5, 0.6) is 0 Å². The molecule has 1 aliphatic rings. The van der Waals surface area contributed by atoms with E-state index in [1.807, 2.05) is 37.3 Å². The first kappa shape index (κ1) is 18.6. The normalized spacial score (nSPS) is 19.1. The Labute approximate surface area is 158 Å². The van der Waals surface area contributed by atoms with E-state index in [2.05, 4.69) is 10.6 Å². The van der Waals surface area contributed by atoms with E-state index in [9.17, 15) is 14.4 Å². The molecule has 1 unspecified atom stereocenters. The van der Waals surface area contributed by atoms with Crippen LogP contribution in [0.1, 0.15) is 42.6 Å². The first-order chi connectivity index (χ1) is 12.9. The van der Waals surface area contributed by atoms with Crippen LogP contribution in [-0.4, -0.2) is 28.3 Å². The van der Waals surface area contributed by atoms with Crippen molar-refractivity contribution in [2.45, 2.75) is 38.8 Å². The van der Waals surface area contributed by atoms with E-state index >= 15 is 0 Å². The number of hydrogen-bond donors (Lipinski definition) is 2. The van der Waals surface area contributed by atoms with E-state index in [0.29, 0.717) is 12.0 Å². The third kappa shape index (κ3) is 4.00. The highest BCUT2D eigenvalue weighted by atomic mass is 16.2. The molecular weight excluding hydrogens is 342 g/mol. The van der Waals surface area contributed by atoms with E-state index in [1.165, 1.54) is 4.90 Å². The van der Waals surface area contributed by atoms with Crippen LogP contribution in [0.4, 0.5) is 10.5 Å². The summed E-state index contributed by atoms with van der Waals surface area (Å²) in [6, 6.07) is 15.7. The van der Waals surface area contributed by atoms with Gasteiger partial charge in [0.2, 0.25) is 0 Å². The summed E-state index contributed by atoms with van der Waals surface area (Å²) in [6.07, 6.45) is 1.41. The van der Waals surface area contributed by atoms with Crippen molar-refractivity contribution in [1.29, 1.82) is 0 Å². The SMILES string of the molecule is CCCC1(C)NC(=O)N(Cc2ccc(C(=O)Nc3ccccc3)cc2)C1=O. The van der Waals surface area contributed by atoms with Crippen molar-refractivity contribution in [3.05, 3.63) is 65.7 Å². The minimum atomic E-state index is -0.832. The number of nitrogens with one attached hydrogen (secondary N) is 2. The van der Waals surface area contributed by atoms with Gasteiger partial charge in [-0.15, -0.1) is 0 Å². The third-order valence-corrected chi connectivity index (χ3v) is 4.68. The van der Waals surface area contributed by atoms with Crippen LogP contribution >= 0.6 is 0 Å². The topological polar surface area (TPSA) is 78.5 Å². The largest absolute Gasteiger partial charge is 0.325 e. The lowest BCUT2D eigenvalue weighted by Gasteiger charge is -2.20. The zero-order valence-corrected chi connectivity index (χ0v) is 15.5. The Morgan fingerprint density at radius 1 is 1.07 bits per heavy atom. The number of urea groups is 1. The Balaban J connectivity index is 1.66. The molecule has 1 saturated heterocycles. The molecule has 4 amide bonds. The highest BCUT2D eigenvalue weighted by Crippen LogP contribution is 2.24. The van der Waals surface area contributed by atoms with Crippen molar-refractivity contribution in [3.63, 3.8) is 0 Å². The summed E-state index contributed by atoms with van der Waals surface area (Å²) in [7, 11) is 0. The molecule has 0 spiro atoms. The van der Waals surface area contributed by atoms with Gasteiger partial charge in [-0.05, 0) is 43.2 Å². The number of carbonyl (C=O) groups is 3. The molecule has 0 radical (unpaired) electrons. The molecular formula is C21H23N3O3. The number of hydrogen-bond acceptors (Lipinski definition) is 3. The molecule has 27 heavy (non-hydrogen) atoms. The highest BCUT2D eigenvalue weighted by molar-refractivity contribution is 6.07. The van der Waals surface area contributed by atoms with Crippen molar-refractivity contribution in [3.8, 4) is 0 Å². The van der Waals surface area contributed by atoms with E-state index in [4.69, 9.17) is 0 Å². The second kappa shape index (κ2) is 7.61. The summed E-state index contributed by atoms with van der Waals surface area (Å²) in [5.74, 6) is -0.418. The molecule has 1 fully saturated rings. The smallest absolute Gasteiger partial charge is 0.323 e. The predicted octanol–water partition coefficient (Wildman–Crippen LogP) is 3.55. The summed E-state index contributed by atoms with van der Waals surface area (Å²) >= 11 is 0. The lowest BCUT2D eigenvalue weighted by molar-refractivity contribution is -0.131. The van der Waals surface area contributed by atoms with Gasteiger partial charge in [0.25, 0.3) is 11.8 Å². The van der Waals surface area contributed by atoms with Crippen LogP contribution in [0.3, 0.4) is 0 Å². The Bertz CT molecular complexity index is 849. The van der Waals surface area contributed by atoms with E-state index < -0.39 is 5.54 Å². The Kier molecular flexibility index (Phi) is 5.26. The van der Waals surface area contributed by atoms with E-state index in [0.717, 1.165) is 17.7 Å². The van der Waals surface area contributed by atoms with Crippen LogP contribution in [0.2, 0.25) is 0 Å². The monoisotopic (exact) mass is 365 g/mol. The Hall–Kier alpha value is -3.15. The standard InChI is InChI=1S/C21H23N3O3/c1-3-13-21(2)19(26)24(20(27)23-21)14-15-9-11-16(12-10-15)18(25)22-17-7-5-4-6-8-17/h4-12H,3,13-14H2,1-2H3,(H,22,25)(H,23,27). The average Bonchev–Trinajstić information content (AvgIpc) is 2.86. The number of rotatable bonds is 6. The van der Waals surface area contributed by atoms with Gasteiger partial charge in [-0.3, -0.25) is 14.5 Å². The molecule has 1 aliphatic heterocycles. The van der Waals surface area contributed by atoms with Crippen LogP contribution in [0, 0.1) is 0 Å². The maximum absolute atomic E-state index is 12.6. The van der Waals surface area contributed by atoms with Gasteiger partial charge in [0.15, 0.2) is 0 Å². The van der Waals surface area contributed by atoms with Gasteiger partial charge in [0.1, 0.15) is 5.54 Å². The van der Waals surface area contributed by atoms with Crippen LogP contribution in [0.15, 0.2) is 54.6 Å². The minimum absolute atomic E-state index is 0.185. The van der Waals surface area contributed by atoms with Crippen molar-refractivity contribution in [2.75, 3.05) is 5.32 Å². The molecule has 0 aliphatic carbocycles. The predicted molar refractivity (Wildman–Crippen MR) is 103 cm³/mol. The van der Waals surface area contributed by atoms with Crippen LogP contribution < -0.4 is 10.6 Å². The molecule has 6 heteroatoms. The fourth-order valence-electron chi connectivity index (χ4n) is 3.23. The van der Waals surface area contributed by atoms with Gasteiger partial charge < -0.3 is 10.6 Å². The molecule has 140 valence electrons. The van der Waals surface area contributed by atoms with Gasteiger partial charge >= 0.3 is 6.03 Å². The van der Waals surface area contributed by atoms with Crippen LogP contribution in [0.25, 0.3) is 0 Å². The van der Waals surface area contributed by atoms with Gasteiger partial charge in [0.05, 0.1) is 6.54 Å². The maximum Gasteiger partial charge on any atom is 0.325 e. The summed E-state index contributed by atoms with van der Waals surface area (Å²) in [4.78, 5) is 38.3. The average molecular weight is 365 g/mol. The molecule has 0 bridgehead atoms. The zero-order chi connectivity index (χ0) is 19.4. The molecule has 0 saturated carbocycles. The lowest BCUT2D eigenvalue weighted by atomic mass is 9.96. The summed E-state index contributed by atoms with van der Waals surface area (Å²) < 4.78 is 0. The molecule has 3 rings (SSSR count). The van der Waals surface area contributed by atoms with Gasteiger partial charge in [-0.25, -0.2) is 4.79 Å². The molecule has 2 aromatic rings. The lowest BCUT2D eigenvalue weighted by Crippen LogP contribution is -2.43. The zero-order valence-electron chi connectivity index (χ0n) is 15.5. The number of imide groups is 1. The quantitative estimate of drug-likeness (QED) is 0.769. The molecule has 2 aromatic carbocycles. The number of amides is 4. The van der Waals surface area contributed by atoms with Crippen molar-refractivity contribution in [2.24, 2.45) is 0 Å². The second-order valence-corrected chi connectivity index (χ2v) is 6.92.